The maximum absolute atomic E-state index is 10.7. The maximum atomic E-state index is 10.7. The predicted molar refractivity (Wildman–Crippen MR) is 128 cm³/mol. The van der Waals surface area contributed by atoms with E-state index in [4.69, 9.17) is 9.78 Å². The molecule has 0 N–H and O–H groups in total. The van der Waals surface area contributed by atoms with Gasteiger partial charge in [-0.25, -0.2) is 9.59 Å². The Labute approximate surface area is 195 Å². The van der Waals surface area contributed by atoms with Gasteiger partial charge in [0.15, 0.2) is 0 Å². The van der Waals surface area contributed by atoms with E-state index in [9.17, 15) is 9.59 Å². The highest BCUT2D eigenvalue weighted by Gasteiger charge is 2.71. The molecular formula is C20H48N8O4. The number of carbonyl (C=O) groups excluding carboxylic acids is 2. The number of nitrogens with zero attached hydrogens (tertiary/aromatic N) is 8. The molecule has 0 unspecified atom stereocenters. The van der Waals surface area contributed by atoms with Gasteiger partial charge in [-0.15, -0.1) is 0 Å². The first-order valence-corrected chi connectivity index (χ1v) is 10.2. The minimum atomic E-state index is -0.625. The molecular weight excluding hydrogens is 416 g/mol. The lowest BCUT2D eigenvalue weighted by atomic mass is 10.1. The average Bonchev–Trinajstić information content (AvgIpc) is 2.59. The van der Waals surface area contributed by atoms with Crippen molar-refractivity contribution in [1.29, 1.82) is 0 Å². The number of rotatable bonds is 4. The molecule has 1 aliphatic heterocycles. The standard InChI is InChI=1S/C10H24N4O2.2C5H12N2O/c1-11(2)9(12(3)4)10(13(5)6,14(7)8)16-15-9;2*1-6(2)5(8)7(3)4/h1-8H3;2*1-4H3. The van der Waals surface area contributed by atoms with Gasteiger partial charge < -0.3 is 19.6 Å². The third-order valence-corrected chi connectivity index (χ3v) is 4.65. The fraction of sp³-hybridized carbons (Fsp3) is 0.900. The normalized spacial score (nSPS) is 15.9. The second kappa shape index (κ2) is 13.1. The summed E-state index contributed by atoms with van der Waals surface area (Å²) in [7, 11) is 29.6. The summed E-state index contributed by atoms with van der Waals surface area (Å²) in [6.45, 7) is 0. The third kappa shape index (κ3) is 7.15. The van der Waals surface area contributed by atoms with Gasteiger partial charge >= 0.3 is 12.1 Å². The second-order valence-electron chi connectivity index (χ2n) is 9.10. The SMILES string of the molecule is CN(C)C(=O)N(C)C.CN(C)C(=O)N(C)C.CN(C)C1(N(C)C)OOC1(N(C)C)N(C)C. The summed E-state index contributed by atoms with van der Waals surface area (Å²) in [4.78, 5) is 46.4. The summed E-state index contributed by atoms with van der Waals surface area (Å²) in [6, 6.07) is 0.0370. The van der Waals surface area contributed by atoms with Crippen molar-refractivity contribution in [3.05, 3.63) is 0 Å². The van der Waals surface area contributed by atoms with Crippen LogP contribution < -0.4 is 0 Å². The molecule has 0 aliphatic carbocycles. The van der Waals surface area contributed by atoms with Gasteiger partial charge in [0.25, 0.3) is 11.7 Å². The Morgan fingerprint density at radius 2 is 0.562 bits per heavy atom. The van der Waals surface area contributed by atoms with Crippen LogP contribution >= 0.6 is 0 Å². The summed E-state index contributed by atoms with van der Waals surface area (Å²) < 4.78 is 0. The van der Waals surface area contributed by atoms with Crippen molar-refractivity contribution in [3.8, 4) is 0 Å². The van der Waals surface area contributed by atoms with E-state index in [2.05, 4.69) is 0 Å². The number of hydrogen-bond donors (Lipinski definition) is 0. The van der Waals surface area contributed by atoms with Crippen molar-refractivity contribution in [2.45, 2.75) is 11.7 Å². The van der Waals surface area contributed by atoms with Gasteiger partial charge in [0.2, 0.25) is 0 Å². The molecule has 192 valence electrons. The molecule has 0 saturated carbocycles. The van der Waals surface area contributed by atoms with E-state index >= 15 is 0 Å². The first-order valence-electron chi connectivity index (χ1n) is 10.2. The summed E-state index contributed by atoms with van der Waals surface area (Å²) in [5, 5.41) is 0. The predicted octanol–water partition coefficient (Wildman–Crippen LogP) is -0.0386. The van der Waals surface area contributed by atoms with Crippen LogP contribution in [0.2, 0.25) is 0 Å². The highest BCUT2D eigenvalue weighted by atomic mass is 17.3. The Hall–Kier alpha value is -1.70. The van der Waals surface area contributed by atoms with E-state index < -0.39 is 11.7 Å². The van der Waals surface area contributed by atoms with E-state index in [0.29, 0.717) is 0 Å². The van der Waals surface area contributed by atoms with Crippen molar-refractivity contribution in [2.75, 3.05) is 113 Å². The Kier molecular flexibility index (Phi) is 13.3. The monoisotopic (exact) mass is 464 g/mol. The van der Waals surface area contributed by atoms with Crippen molar-refractivity contribution >= 4 is 12.1 Å². The fourth-order valence-electron chi connectivity index (χ4n) is 3.25. The smallest absolute Gasteiger partial charge is 0.318 e. The molecule has 1 aliphatic rings. The quantitative estimate of drug-likeness (QED) is 0.424. The van der Waals surface area contributed by atoms with Gasteiger partial charge in [-0.3, -0.25) is 19.6 Å². The zero-order chi connectivity index (χ0) is 26.2. The molecule has 4 amide bonds. The van der Waals surface area contributed by atoms with Gasteiger partial charge in [0.1, 0.15) is 0 Å². The molecule has 0 atom stereocenters. The van der Waals surface area contributed by atoms with Crippen LogP contribution in [0.5, 0.6) is 0 Å². The Morgan fingerprint density at radius 1 is 0.406 bits per heavy atom. The number of hydrogen-bond acceptors (Lipinski definition) is 8. The van der Waals surface area contributed by atoms with Crippen molar-refractivity contribution < 1.29 is 19.4 Å². The molecule has 1 rings (SSSR count). The van der Waals surface area contributed by atoms with Crippen LogP contribution in [0.25, 0.3) is 0 Å². The van der Waals surface area contributed by atoms with Crippen LogP contribution in [0.4, 0.5) is 9.59 Å². The number of likely N-dealkylation sites (N-methyl/N-ethyl adjacent to an activating group) is 4. The summed E-state index contributed by atoms with van der Waals surface area (Å²) in [5.41, 5.74) is 0. The van der Waals surface area contributed by atoms with Crippen molar-refractivity contribution in [2.24, 2.45) is 0 Å². The highest BCUT2D eigenvalue weighted by Crippen LogP contribution is 2.46. The Bertz CT molecular complexity index is 492. The van der Waals surface area contributed by atoms with Crippen LogP contribution in [0.1, 0.15) is 0 Å². The minimum Gasteiger partial charge on any atom is -0.331 e. The molecule has 0 aromatic heterocycles. The van der Waals surface area contributed by atoms with Gasteiger partial charge in [-0.2, -0.15) is 9.78 Å². The molecule has 0 radical (unpaired) electrons. The Morgan fingerprint density at radius 3 is 0.594 bits per heavy atom. The first-order chi connectivity index (χ1) is 14.3. The van der Waals surface area contributed by atoms with Gasteiger partial charge in [-0.1, -0.05) is 0 Å². The van der Waals surface area contributed by atoms with Crippen molar-refractivity contribution in [1.82, 2.24) is 39.2 Å². The van der Waals surface area contributed by atoms with Crippen LogP contribution in [0.3, 0.4) is 0 Å². The van der Waals surface area contributed by atoms with E-state index in [1.807, 2.05) is 76.0 Å². The van der Waals surface area contributed by atoms with Crippen LogP contribution in [0.15, 0.2) is 0 Å². The molecule has 1 saturated heterocycles. The van der Waals surface area contributed by atoms with E-state index in [-0.39, 0.29) is 12.1 Å². The van der Waals surface area contributed by atoms with Crippen LogP contribution in [-0.2, 0) is 9.78 Å². The molecule has 12 nitrogen and oxygen atoms in total. The highest BCUT2D eigenvalue weighted by molar-refractivity contribution is 5.73. The molecule has 12 heteroatoms. The van der Waals surface area contributed by atoms with E-state index in [0.717, 1.165) is 0 Å². The zero-order valence-corrected chi connectivity index (χ0v) is 23.2. The van der Waals surface area contributed by atoms with E-state index in [1.54, 1.807) is 56.4 Å². The molecule has 0 bridgehead atoms. The molecule has 32 heavy (non-hydrogen) atoms. The zero-order valence-electron chi connectivity index (χ0n) is 23.2. The first kappa shape index (κ1) is 32.5. The Balaban J connectivity index is 0. The summed E-state index contributed by atoms with van der Waals surface area (Å²) >= 11 is 0. The number of carbonyl (C=O) groups is 2. The topological polar surface area (TPSA) is 78.5 Å². The lowest BCUT2D eigenvalue weighted by molar-refractivity contribution is -0.658. The number of urea groups is 2. The van der Waals surface area contributed by atoms with E-state index in [1.165, 1.54) is 19.6 Å². The fourth-order valence-corrected chi connectivity index (χ4v) is 3.25. The largest absolute Gasteiger partial charge is 0.331 e. The third-order valence-electron chi connectivity index (χ3n) is 4.65. The lowest BCUT2D eigenvalue weighted by Gasteiger charge is -2.64. The second-order valence-corrected chi connectivity index (χ2v) is 9.10. The average molecular weight is 465 g/mol. The van der Waals surface area contributed by atoms with Crippen LogP contribution in [0, 0.1) is 0 Å². The molecule has 0 aromatic rings. The lowest BCUT2D eigenvalue weighted by Crippen LogP contribution is -2.87. The molecule has 0 spiro atoms. The maximum Gasteiger partial charge on any atom is 0.318 e. The number of amides is 4. The van der Waals surface area contributed by atoms with Crippen LogP contribution in [-0.4, -0.2) is 176 Å². The van der Waals surface area contributed by atoms with Gasteiger partial charge in [-0.05, 0) is 56.4 Å². The minimum absolute atomic E-state index is 0.0185. The summed E-state index contributed by atoms with van der Waals surface area (Å²) in [6.07, 6.45) is 0. The molecule has 1 heterocycles. The molecule has 1 fully saturated rings. The van der Waals surface area contributed by atoms with Gasteiger partial charge in [0, 0.05) is 56.4 Å². The summed E-state index contributed by atoms with van der Waals surface area (Å²) in [5.74, 6) is -1.25. The van der Waals surface area contributed by atoms with Gasteiger partial charge in [0.05, 0.1) is 0 Å². The molecule has 0 aromatic carbocycles. The van der Waals surface area contributed by atoms with Crippen molar-refractivity contribution in [3.63, 3.8) is 0 Å².